The fourth-order valence-corrected chi connectivity index (χ4v) is 6.46. The number of para-hydroxylation sites is 2. The molecule has 0 amide bonds. The summed E-state index contributed by atoms with van der Waals surface area (Å²) in [5.74, 6) is -0.531. The quantitative estimate of drug-likeness (QED) is 0.582. The van der Waals surface area contributed by atoms with Gasteiger partial charge in [0.25, 0.3) is 10.0 Å². The SMILES string of the molecule is COc1ccccc1C1C(C#N)=C(N)OC2=C1S(=O)(=O)N(Cc1ccc(C)cc1)c1ccccc12. The highest BCUT2D eigenvalue weighted by Gasteiger charge is 2.47. The minimum Gasteiger partial charge on any atom is -0.496 e. The molecule has 0 saturated carbocycles. The topological polar surface area (TPSA) is 106 Å². The summed E-state index contributed by atoms with van der Waals surface area (Å²) in [7, 11) is -2.64. The molecule has 1 unspecified atom stereocenters. The summed E-state index contributed by atoms with van der Waals surface area (Å²) in [5, 5.41) is 10.00. The largest absolute Gasteiger partial charge is 0.496 e. The summed E-state index contributed by atoms with van der Waals surface area (Å²) in [4.78, 5) is -0.0291. The fraction of sp³-hybridized carbons (Fsp3) is 0.148. The van der Waals surface area contributed by atoms with Crippen LogP contribution in [0.4, 0.5) is 5.69 Å². The smallest absolute Gasteiger partial charge is 0.265 e. The number of allylic oxidation sites excluding steroid dienone is 2. The number of nitrogens with zero attached hydrogens (tertiary/aromatic N) is 2. The van der Waals surface area contributed by atoms with Crippen molar-refractivity contribution in [1.82, 2.24) is 0 Å². The Labute approximate surface area is 204 Å². The summed E-state index contributed by atoms with van der Waals surface area (Å²) in [6.07, 6.45) is 0. The van der Waals surface area contributed by atoms with Gasteiger partial charge in [-0.05, 0) is 30.7 Å². The van der Waals surface area contributed by atoms with Crippen molar-refractivity contribution in [1.29, 1.82) is 5.26 Å². The Morgan fingerprint density at radius 1 is 1.06 bits per heavy atom. The lowest BCUT2D eigenvalue weighted by molar-refractivity contribution is 0.355. The van der Waals surface area contributed by atoms with Gasteiger partial charge in [-0.15, -0.1) is 0 Å². The molecule has 0 saturated heterocycles. The molecule has 2 aliphatic heterocycles. The first-order chi connectivity index (χ1) is 16.9. The van der Waals surface area contributed by atoms with E-state index in [0.29, 0.717) is 22.6 Å². The van der Waals surface area contributed by atoms with Crippen molar-refractivity contribution in [3.8, 4) is 11.8 Å². The Bertz CT molecular complexity index is 1530. The maximum Gasteiger partial charge on any atom is 0.265 e. The third-order valence-corrected chi connectivity index (χ3v) is 8.14. The monoisotopic (exact) mass is 485 g/mol. The van der Waals surface area contributed by atoms with E-state index in [0.717, 1.165) is 11.1 Å². The number of benzene rings is 3. The second-order valence-corrected chi connectivity index (χ2v) is 10.2. The molecule has 0 radical (unpaired) electrons. The molecule has 1 atom stereocenters. The average molecular weight is 486 g/mol. The summed E-state index contributed by atoms with van der Waals surface area (Å²) in [6.45, 7) is 2.10. The van der Waals surface area contributed by atoms with Crippen molar-refractivity contribution in [3.05, 3.63) is 111 Å². The van der Waals surface area contributed by atoms with Crippen molar-refractivity contribution in [3.63, 3.8) is 0 Å². The number of anilines is 1. The zero-order chi connectivity index (χ0) is 24.7. The second-order valence-electron chi connectivity index (χ2n) is 8.37. The average Bonchev–Trinajstić information content (AvgIpc) is 2.87. The minimum absolute atomic E-state index is 0.0199. The molecule has 0 fully saturated rings. The van der Waals surface area contributed by atoms with Gasteiger partial charge in [0.1, 0.15) is 22.3 Å². The van der Waals surface area contributed by atoms with E-state index in [4.69, 9.17) is 15.2 Å². The van der Waals surface area contributed by atoms with E-state index >= 15 is 0 Å². The molecule has 3 aromatic carbocycles. The van der Waals surface area contributed by atoms with Crippen LogP contribution < -0.4 is 14.8 Å². The number of aryl methyl sites for hydroxylation is 1. The lowest BCUT2D eigenvalue weighted by Gasteiger charge is -2.38. The van der Waals surface area contributed by atoms with E-state index in [-0.39, 0.29) is 28.7 Å². The highest BCUT2D eigenvalue weighted by atomic mass is 32.2. The number of ether oxygens (including phenoxy) is 2. The van der Waals surface area contributed by atoms with Crippen molar-refractivity contribution >= 4 is 21.5 Å². The highest BCUT2D eigenvalue weighted by molar-refractivity contribution is 7.96. The summed E-state index contributed by atoms with van der Waals surface area (Å²) >= 11 is 0. The molecule has 0 aromatic heterocycles. The number of nitriles is 1. The van der Waals surface area contributed by atoms with Crippen molar-refractivity contribution < 1.29 is 17.9 Å². The molecule has 0 spiro atoms. The van der Waals surface area contributed by atoms with Gasteiger partial charge in [-0.2, -0.15) is 5.26 Å². The van der Waals surface area contributed by atoms with Crippen molar-refractivity contribution in [2.75, 3.05) is 11.4 Å². The van der Waals surface area contributed by atoms with Crippen LogP contribution in [-0.4, -0.2) is 15.5 Å². The lowest BCUT2D eigenvalue weighted by Crippen LogP contribution is -2.39. The number of sulfonamides is 1. The van der Waals surface area contributed by atoms with Crippen LogP contribution in [0, 0.1) is 18.3 Å². The summed E-state index contributed by atoms with van der Waals surface area (Å²) < 4.78 is 41.4. The van der Waals surface area contributed by atoms with E-state index in [1.165, 1.54) is 11.4 Å². The van der Waals surface area contributed by atoms with Gasteiger partial charge in [-0.3, -0.25) is 4.31 Å². The number of methoxy groups -OCH3 is 1. The van der Waals surface area contributed by atoms with Gasteiger partial charge < -0.3 is 15.2 Å². The van der Waals surface area contributed by atoms with Gasteiger partial charge in [0.2, 0.25) is 5.88 Å². The first-order valence-electron chi connectivity index (χ1n) is 11.0. The van der Waals surface area contributed by atoms with E-state index in [2.05, 4.69) is 6.07 Å². The van der Waals surface area contributed by atoms with Crippen LogP contribution in [0.3, 0.4) is 0 Å². The number of rotatable bonds is 4. The Morgan fingerprint density at radius 3 is 2.46 bits per heavy atom. The Kier molecular flexibility index (Phi) is 5.50. The number of hydrogen-bond acceptors (Lipinski definition) is 6. The molecule has 0 bridgehead atoms. The fourth-order valence-electron chi connectivity index (χ4n) is 4.56. The highest BCUT2D eigenvalue weighted by Crippen LogP contribution is 2.52. The standard InChI is InChI=1S/C27H23N3O4S/c1-17-11-13-18(14-12-17)16-30-22-9-5-3-7-19(22)25-26(35(30,31)32)24(21(15-28)27(29)34-25)20-8-4-6-10-23(20)33-2/h3-14,24H,16,29H2,1-2H3. The number of hydrogen-bond donors (Lipinski definition) is 1. The molecule has 0 aliphatic carbocycles. The molecule has 176 valence electrons. The van der Waals surface area contributed by atoms with Crippen LogP contribution in [0.25, 0.3) is 5.76 Å². The molecule has 7 nitrogen and oxygen atoms in total. The van der Waals surface area contributed by atoms with E-state index in [9.17, 15) is 13.7 Å². The van der Waals surface area contributed by atoms with Crippen LogP contribution in [0.1, 0.15) is 28.2 Å². The Morgan fingerprint density at radius 2 is 1.74 bits per heavy atom. The van der Waals surface area contributed by atoms with Gasteiger partial charge in [-0.1, -0.05) is 60.2 Å². The van der Waals surface area contributed by atoms with E-state index < -0.39 is 15.9 Å². The Hall–Kier alpha value is -4.22. The minimum atomic E-state index is -4.14. The van der Waals surface area contributed by atoms with Crippen molar-refractivity contribution in [2.24, 2.45) is 5.73 Å². The zero-order valence-corrected chi connectivity index (χ0v) is 20.0. The molecule has 3 aromatic rings. The number of nitrogens with two attached hydrogens (primary N) is 1. The van der Waals surface area contributed by atoms with Gasteiger partial charge >= 0.3 is 0 Å². The predicted molar refractivity (Wildman–Crippen MR) is 133 cm³/mol. The Balaban J connectivity index is 1.77. The van der Waals surface area contributed by atoms with Crippen LogP contribution in [0.15, 0.2) is 89.2 Å². The van der Waals surface area contributed by atoms with E-state index in [1.807, 2.05) is 37.3 Å². The van der Waals surface area contributed by atoms with Crippen LogP contribution in [0.5, 0.6) is 5.75 Å². The van der Waals surface area contributed by atoms with Crippen LogP contribution >= 0.6 is 0 Å². The third-order valence-electron chi connectivity index (χ3n) is 6.25. The molecular formula is C27H23N3O4S. The zero-order valence-electron chi connectivity index (χ0n) is 19.2. The molecule has 2 N–H and O–H groups in total. The molecule has 2 aliphatic rings. The van der Waals surface area contributed by atoms with Crippen LogP contribution in [0.2, 0.25) is 0 Å². The molecule has 35 heavy (non-hydrogen) atoms. The third kappa shape index (κ3) is 3.61. The molecule has 5 rings (SSSR count). The first-order valence-corrected chi connectivity index (χ1v) is 12.4. The van der Waals surface area contributed by atoms with Crippen LogP contribution in [-0.2, 0) is 21.3 Å². The van der Waals surface area contributed by atoms with Gasteiger partial charge in [0.15, 0.2) is 5.76 Å². The molecular weight excluding hydrogens is 462 g/mol. The van der Waals surface area contributed by atoms with Crippen molar-refractivity contribution in [2.45, 2.75) is 19.4 Å². The normalized spacial score (nSPS) is 18.3. The summed E-state index contributed by atoms with van der Waals surface area (Å²) in [6, 6.07) is 23.9. The summed E-state index contributed by atoms with van der Waals surface area (Å²) in [5.41, 5.74) is 9.71. The number of fused-ring (bicyclic) bond motifs is 2. The predicted octanol–water partition coefficient (Wildman–Crippen LogP) is 4.53. The van der Waals surface area contributed by atoms with Gasteiger partial charge in [0, 0.05) is 11.1 Å². The van der Waals surface area contributed by atoms with Gasteiger partial charge in [0.05, 0.1) is 25.3 Å². The first kappa shape index (κ1) is 22.6. The van der Waals surface area contributed by atoms with E-state index in [1.54, 1.807) is 42.5 Å². The molecule has 2 heterocycles. The molecule has 8 heteroatoms. The maximum atomic E-state index is 14.3. The second kappa shape index (κ2) is 8.53. The van der Waals surface area contributed by atoms with Gasteiger partial charge in [-0.25, -0.2) is 8.42 Å². The maximum absolute atomic E-state index is 14.3. The lowest BCUT2D eigenvalue weighted by atomic mass is 9.87.